The molecule has 0 unspecified atom stereocenters. The number of aliphatic hydroxyl groups excluding tert-OH is 1. The maximum atomic E-state index is 12.5. The Bertz CT molecular complexity index is 885. The van der Waals surface area contributed by atoms with Gasteiger partial charge in [-0.15, -0.1) is 10.2 Å². The van der Waals surface area contributed by atoms with E-state index < -0.39 is 0 Å². The van der Waals surface area contributed by atoms with E-state index in [0.29, 0.717) is 11.3 Å². The number of benzene rings is 2. The molecule has 0 radical (unpaired) electrons. The highest BCUT2D eigenvalue weighted by Gasteiger charge is 2.11. The van der Waals surface area contributed by atoms with Crippen molar-refractivity contribution in [3.8, 4) is 11.4 Å². The van der Waals surface area contributed by atoms with Crippen molar-refractivity contribution in [3.05, 3.63) is 65.5 Å². The van der Waals surface area contributed by atoms with Gasteiger partial charge < -0.3 is 15.0 Å². The van der Waals surface area contributed by atoms with E-state index >= 15 is 0 Å². The van der Waals surface area contributed by atoms with Crippen LogP contribution in [0.1, 0.15) is 28.4 Å². The molecule has 0 saturated carbocycles. The van der Waals surface area contributed by atoms with Gasteiger partial charge in [-0.3, -0.25) is 4.79 Å². The number of aryl methyl sites for hydroxylation is 2. The van der Waals surface area contributed by atoms with E-state index in [2.05, 4.69) is 15.5 Å². The van der Waals surface area contributed by atoms with Crippen LogP contribution in [0.4, 0.5) is 5.69 Å². The maximum absolute atomic E-state index is 12.5. The first-order chi connectivity index (χ1) is 12.1. The van der Waals surface area contributed by atoms with Crippen LogP contribution in [0.2, 0.25) is 0 Å². The number of aliphatic hydroxyl groups is 1. The molecular weight excluding hydrogens is 316 g/mol. The zero-order valence-electron chi connectivity index (χ0n) is 14.2. The minimum atomic E-state index is -0.193. The van der Waals surface area contributed by atoms with Crippen molar-refractivity contribution in [1.82, 2.24) is 14.8 Å². The predicted molar refractivity (Wildman–Crippen MR) is 96.2 cm³/mol. The minimum absolute atomic E-state index is 0.0596. The van der Waals surface area contributed by atoms with Crippen LogP contribution in [0.25, 0.3) is 11.4 Å². The number of rotatable bonds is 5. The number of hydrogen-bond donors (Lipinski definition) is 2. The molecule has 0 aliphatic rings. The molecular formula is C19H20N4O2. The summed E-state index contributed by atoms with van der Waals surface area (Å²) in [5.41, 5.74) is 3.87. The Hall–Kier alpha value is -2.99. The quantitative estimate of drug-likeness (QED) is 0.750. The van der Waals surface area contributed by atoms with Gasteiger partial charge in [0.05, 0.1) is 6.61 Å². The summed E-state index contributed by atoms with van der Waals surface area (Å²) in [6.45, 7) is 4.66. The normalized spacial score (nSPS) is 10.7. The van der Waals surface area contributed by atoms with Gasteiger partial charge in [-0.25, -0.2) is 0 Å². The largest absolute Gasteiger partial charge is 0.392 e. The molecule has 6 heteroatoms. The molecule has 0 bridgehead atoms. The number of nitrogens with zero attached hydrogens (tertiary/aromatic N) is 3. The van der Waals surface area contributed by atoms with E-state index in [4.69, 9.17) is 0 Å². The molecule has 0 spiro atoms. The zero-order chi connectivity index (χ0) is 17.8. The van der Waals surface area contributed by atoms with Crippen molar-refractivity contribution < 1.29 is 9.90 Å². The zero-order valence-corrected chi connectivity index (χ0v) is 14.2. The Morgan fingerprint density at radius 1 is 1.20 bits per heavy atom. The molecule has 0 aliphatic heterocycles. The number of anilines is 1. The van der Waals surface area contributed by atoms with Crippen LogP contribution in [-0.2, 0) is 13.2 Å². The molecule has 25 heavy (non-hydrogen) atoms. The van der Waals surface area contributed by atoms with Gasteiger partial charge in [0.1, 0.15) is 6.33 Å². The molecule has 0 atom stereocenters. The van der Waals surface area contributed by atoms with Crippen molar-refractivity contribution in [2.45, 2.75) is 27.0 Å². The first-order valence-electron chi connectivity index (χ1n) is 8.12. The Morgan fingerprint density at radius 2 is 1.96 bits per heavy atom. The second-order valence-electron chi connectivity index (χ2n) is 5.78. The topological polar surface area (TPSA) is 80.0 Å². The van der Waals surface area contributed by atoms with Crippen LogP contribution in [0.5, 0.6) is 0 Å². The fourth-order valence-electron chi connectivity index (χ4n) is 2.58. The van der Waals surface area contributed by atoms with Gasteiger partial charge in [-0.1, -0.05) is 24.3 Å². The highest BCUT2D eigenvalue weighted by molar-refractivity contribution is 6.04. The van der Waals surface area contributed by atoms with Crippen molar-refractivity contribution in [3.63, 3.8) is 0 Å². The average molecular weight is 336 g/mol. The Kier molecular flexibility index (Phi) is 4.90. The van der Waals surface area contributed by atoms with E-state index in [1.165, 1.54) is 0 Å². The second-order valence-corrected chi connectivity index (χ2v) is 5.78. The minimum Gasteiger partial charge on any atom is -0.392 e. The van der Waals surface area contributed by atoms with E-state index in [9.17, 15) is 9.90 Å². The summed E-state index contributed by atoms with van der Waals surface area (Å²) in [4.78, 5) is 12.5. The summed E-state index contributed by atoms with van der Waals surface area (Å²) in [6.07, 6.45) is 1.69. The SMILES string of the molecule is CCn1cnnc1-c1ccc(C(=O)Nc2cc(CO)ccc2C)cc1. The summed E-state index contributed by atoms with van der Waals surface area (Å²) >= 11 is 0. The standard InChI is InChI=1S/C19H20N4O2/c1-3-23-12-20-22-18(23)15-6-8-16(9-7-15)19(25)21-17-10-14(11-24)5-4-13(17)2/h4-10,12,24H,3,11H2,1-2H3,(H,21,25). The van der Waals surface area contributed by atoms with Gasteiger partial charge in [0.15, 0.2) is 5.82 Å². The molecule has 1 amide bonds. The van der Waals surface area contributed by atoms with Gasteiger partial charge in [0.2, 0.25) is 0 Å². The van der Waals surface area contributed by atoms with Gasteiger partial charge in [0, 0.05) is 23.4 Å². The van der Waals surface area contributed by atoms with Crippen LogP contribution in [-0.4, -0.2) is 25.8 Å². The molecule has 2 N–H and O–H groups in total. The van der Waals surface area contributed by atoms with E-state index in [0.717, 1.165) is 29.1 Å². The van der Waals surface area contributed by atoms with Crippen LogP contribution in [0.3, 0.4) is 0 Å². The summed E-state index contributed by atoms with van der Waals surface area (Å²) in [5, 5.41) is 20.2. The third kappa shape index (κ3) is 3.59. The average Bonchev–Trinajstić information content (AvgIpc) is 3.12. The fourth-order valence-corrected chi connectivity index (χ4v) is 2.58. The molecule has 0 aliphatic carbocycles. The number of aromatic nitrogens is 3. The van der Waals surface area contributed by atoms with Gasteiger partial charge >= 0.3 is 0 Å². The summed E-state index contributed by atoms with van der Waals surface area (Å²) in [6, 6.07) is 12.8. The van der Waals surface area contributed by atoms with Crippen LogP contribution in [0.15, 0.2) is 48.8 Å². The number of hydrogen-bond acceptors (Lipinski definition) is 4. The summed E-state index contributed by atoms with van der Waals surface area (Å²) < 4.78 is 1.94. The van der Waals surface area contributed by atoms with Crippen molar-refractivity contribution in [2.75, 3.05) is 5.32 Å². The van der Waals surface area contributed by atoms with Gasteiger partial charge in [0.25, 0.3) is 5.91 Å². The van der Waals surface area contributed by atoms with Crippen LogP contribution in [0, 0.1) is 6.92 Å². The van der Waals surface area contributed by atoms with Crippen LogP contribution >= 0.6 is 0 Å². The summed E-state index contributed by atoms with van der Waals surface area (Å²) in [5.74, 6) is 0.586. The number of nitrogens with one attached hydrogen (secondary N) is 1. The first-order valence-corrected chi connectivity index (χ1v) is 8.12. The number of carbonyl (C=O) groups excluding carboxylic acids is 1. The molecule has 128 valence electrons. The van der Waals surface area contributed by atoms with Crippen molar-refractivity contribution in [2.24, 2.45) is 0 Å². The molecule has 3 aromatic rings. The molecule has 0 fully saturated rings. The number of amides is 1. The lowest BCUT2D eigenvalue weighted by Gasteiger charge is -2.10. The molecule has 2 aromatic carbocycles. The lowest BCUT2D eigenvalue weighted by Crippen LogP contribution is -2.13. The molecule has 0 saturated heterocycles. The summed E-state index contributed by atoms with van der Waals surface area (Å²) in [7, 11) is 0. The van der Waals surface area contributed by atoms with Gasteiger partial charge in [-0.05, 0) is 43.2 Å². The maximum Gasteiger partial charge on any atom is 0.255 e. The monoisotopic (exact) mass is 336 g/mol. The van der Waals surface area contributed by atoms with Crippen molar-refractivity contribution >= 4 is 11.6 Å². The number of carbonyl (C=O) groups is 1. The molecule has 1 heterocycles. The lowest BCUT2D eigenvalue weighted by atomic mass is 10.1. The fraction of sp³-hybridized carbons (Fsp3) is 0.211. The molecule has 1 aromatic heterocycles. The van der Waals surface area contributed by atoms with E-state index in [1.54, 1.807) is 24.5 Å². The molecule has 3 rings (SSSR count). The predicted octanol–water partition coefficient (Wildman–Crippen LogP) is 3.02. The second kappa shape index (κ2) is 7.27. The molecule has 6 nitrogen and oxygen atoms in total. The van der Waals surface area contributed by atoms with E-state index in [1.807, 2.05) is 42.7 Å². The third-order valence-corrected chi connectivity index (χ3v) is 4.09. The highest BCUT2D eigenvalue weighted by Crippen LogP contribution is 2.20. The first kappa shape index (κ1) is 16.9. The van der Waals surface area contributed by atoms with E-state index in [-0.39, 0.29) is 12.5 Å². The van der Waals surface area contributed by atoms with Crippen molar-refractivity contribution in [1.29, 1.82) is 0 Å². The highest BCUT2D eigenvalue weighted by atomic mass is 16.3. The Labute approximate surface area is 146 Å². The Morgan fingerprint density at radius 3 is 2.64 bits per heavy atom. The van der Waals surface area contributed by atoms with Gasteiger partial charge in [-0.2, -0.15) is 0 Å². The third-order valence-electron chi connectivity index (χ3n) is 4.09. The Balaban J connectivity index is 1.79. The lowest BCUT2D eigenvalue weighted by molar-refractivity contribution is 0.102. The van der Waals surface area contributed by atoms with Crippen LogP contribution < -0.4 is 5.32 Å². The smallest absolute Gasteiger partial charge is 0.255 e.